The Kier molecular flexibility index (Phi) is 6.38. The van der Waals surface area contributed by atoms with Gasteiger partial charge in [0.05, 0.1) is 0 Å². The third-order valence-electron chi connectivity index (χ3n) is 3.97. The van der Waals surface area contributed by atoms with Gasteiger partial charge >= 0.3 is 0 Å². The van der Waals surface area contributed by atoms with Gasteiger partial charge in [-0.25, -0.2) is 0 Å². The van der Waals surface area contributed by atoms with Gasteiger partial charge in [0, 0.05) is 33.8 Å². The summed E-state index contributed by atoms with van der Waals surface area (Å²) < 4.78 is 6.63. The topological polar surface area (TPSA) is 9.23 Å². The lowest BCUT2D eigenvalue weighted by molar-refractivity contribution is 0.0584. The SMILES string of the molecule is BrCC(CBr)(CC1CCOCC1)c1cccc(Br)c1. The average Bonchev–Trinajstić information content (AvgIpc) is 2.46. The molecule has 0 aliphatic carbocycles. The zero-order valence-electron chi connectivity index (χ0n) is 10.9. The minimum absolute atomic E-state index is 0.172. The molecule has 1 aliphatic rings. The number of hydrogen-bond acceptors (Lipinski definition) is 1. The van der Waals surface area contributed by atoms with E-state index in [1.54, 1.807) is 0 Å². The second-order valence-electron chi connectivity index (χ2n) is 5.32. The molecule has 0 amide bonds. The quantitative estimate of drug-likeness (QED) is 0.549. The summed E-state index contributed by atoms with van der Waals surface area (Å²) in [6.07, 6.45) is 3.59. The lowest BCUT2D eigenvalue weighted by Gasteiger charge is -2.36. The second-order valence-corrected chi connectivity index (χ2v) is 7.35. The van der Waals surface area contributed by atoms with Crippen molar-refractivity contribution in [3.05, 3.63) is 34.3 Å². The number of benzene rings is 1. The fourth-order valence-corrected chi connectivity index (χ4v) is 5.17. The van der Waals surface area contributed by atoms with Gasteiger partial charge in [0.15, 0.2) is 0 Å². The Morgan fingerprint density at radius 2 is 1.84 bits per heavy atom. The van der Waals surface area contributed by atoms with Crippen molar-refractivity contribution < 1.29 is 4.74 Å². The van der Waals surface area contributed by atoms with Gasteiger partial charge in [-0.2, -0.15) is 0 Å². The molecule has 0 unspecified atom stereocenters. The van der Waals surface area contributed by atoms with Crippen molar-refractivity contribution >= 4 is 47.8 Å². The number of hydrogen-bond donors (Lipinski definition) is 0. The Balaban J connectivity index is 2.20. The summed E-state index contributed by atoms with van der Waals surface area (Å²) in [7, 11) is 0. The largest absolute Gasteiger partial charge is 0.381 e. The zero-order valence-corrected chi connectivity index (χ0v) is 15.6. The normalized spacial score (nSPS) is 17.6. The predicted molar refractivity (Wildman–Crippen MR) is 91.6 cm³/mol. The number of ether oxygens (including phenoxy) is 1. The molecule has 0 N–H and O–H groups in total. The van der Waals surface area contributed by atoms with Gasteiger partial charge in [-0.1, -0.05) is 59.9 Å². The van der Waals surface area contributed by atoms with Gasteiger partial charge in [-0.15, -0.1) is 0 Å². The van der Waals surface area contributed by atoms with Crippen LogP contribution in [0.3, 0.4) is 0 Å². The zero-order chi connectivity index (χ0) is 13.7. The molecule has 0 radical (unpaired) electrons. The molecule has 0 atom stereocenters. The van der Waals surface area contributed by atoms with Crippen LogP contribution >= 0.6 is 47.8 Å². The van der Waals surface area contributed by atoms with E-state index in [1.807, 2.05) is 0 Å². The highest BCUT2D eigenvalue weighted by atomic mass is 79.9. The second kappa shape index (κ2) is 7.58. The molecule has 1 saturated heterocycles. The van der Waals surface area contributed by atoms with Crippen LogP contribution in [0.15, 0.2) is 28.7 Å². The van der Waals surface area contributed by atoms with Crippen molar-refractivity contribution in [2.75, 3.05) is 23.9 Å². The van der Waals surface area contributed by atoms with Gasteiger partial charge in [-0.05, 0) is 42.9 Å². The molecule has 0 spiro atoms. The molecule has 1 fully saturated rings. The lowest BCUT2D eigenvalue weighted by atomic mass is 9.75. The van der Waals surface area contributed by atoms with E-state index in [4.69, 9.17) is 4.74 Å². The Bertz CT molecular complexity index is 398. The summed E-state index contributed by atoms with van der Waals surface area (Å²) in [6.45, 7) is 1.84. The Morgan fingerprint density at radius 3 is 2.42 bits per heavy atom. The Hall–Kier alpha value is 0.620. The van der Waals surface area contributed by atoms with Crippen molar-refractivity contribution in [3.8, 4) is 0 Å². The van der Waals surface area contributed by atoms with E-state index in [0.717, 1.165) is 34.3 Å². The first-order valence-corrected chi connectivity index (χ1v) is 9.69. The fraction of sp³-hybridized carbons (Fsp3) is 0.600. The van der Waals surface area contributed by atoms with Gasteiger partial charge < -0.3 is 4.74 Å². The van der Waals surface area contributed by atoms with E-state index in [1.165, 1.54) is 24.8 Å². The van der Waals surface area contributed by atoms with Crippen LogP contribution in [-0.2, 0) is 10.2 Å². The molecule has 1 heterocycles. The van der Waals surface area contributed by atoms with Crippen LogP contribution in [0.25, 0.3) is 0 Å². The Morgan fingerprint density at radius 1 is 1.16 bits per heavy atom. The first-order valence-electron chi connectivity index (χ1n) is 6.66. The van der Waals surface area contributed by atoms with Crippen LogP contribution in [0, 0.1) is 5.92 Å². The summed E-state index contributed by atoms with van der Waals surface area (Å²) in [5, 5.41) is 1.97. The van der Waals surface area contributed by atoms with Crippen LogP contribution in [0.5, 0.6) is 0 Å². The third-order valence-corrected chi connectivity index (χ3v) is 6.61. The van der Waals surface area contributed by atoms with E-state index >= 15 is 0 Å². The first-order chi connectivity index (χ1) is 9.20. The molecule has 2 rings (SSSR count). The van der Waals surface area contributed by atoms with E-state index in [-0.39, 0.29) is 5.41 Å². The molecule has 1 aromatic rings. The minimum atomic E-state index is 0.172. The predicted octanol–water partition coefficient (Wildman–Crippen LogP) is 5.29. The van der Waals surface area contributed by atoms with Crippen LogP contribution < -0.4 is 0 Å². The maximum Gasteiger partial charge on any atom is 0.0468 e. The molecule has 106 valence electrons. The molecule has 4 heteroatoms. The van der Waals surface area contributed by atoms with Gasteiger partial charge in [0.2, 0.25) is 0 Å². The highest BCUT2D eigenvalue weighted by Gasteiger charge is 2.33. The lowest BCUT2D eigenvalue weighted by Crippen LogP contribution is -2.34. The van der Waals surface area contributed by atoms with Gasteiger partial charge in [0.1, 0.15) is 0 Å². The minimum Gasteiger partial charge on any atom is -0.381 e. The van der Waals surface area contributed by atoms with Gasteiger partial charge in [0.25, 0.3) is 0 Å². The summed E-state index contributed by atoms with van der Waals surface area (Å²) in [5.41, 5.74) is 1.58. The smallest absolute Gasteiger partial charge is 0.0468 e. The van der Waals surface area contributed by atoms with E-state index < -0.39 is 0 Å². The van der Waals surface area contributed by atoms with E-state index in [2.05, 4.69) is 72.1 Å². The molecular formula is C15H19Br3O. The summed E-state index contributed by atoms with van der Waals surface area (Å²) in [5.74, 6) is 0.767. The molecule has 0 bridgehead atoms. The standard InChI is InChI=1S/C15H19Br3O/c16-10-15(11-17,9-12-4-6-19-7-5-12)13-2-1-3-14(18)8-13/h1-3,8,12H,4-7,9-11H2. The fourth-order valence-electron chi connectivity index (χ4n) is 2.74. The van der Waals surface area contributed by atoms with Crippen LogP contribution in [0.2, 0.25) is 0 Å². The van der Waals surface area contributed by atoms with Crippen LogP contribution in [-0.4, -0.2) is 23.9 Å². The van der Waals surface area contributed by atoms with Crippen molar-refractivity contribution in [1.82, 2.24) is 0 Å². The molecule has 1 nitrogen and oxygen atoms in total. The average molecular weight is 455 g/mol. The maximum absolute atomic E-state index is 5.48. The van der Waals surface area contributed by atoms with Crippen molar-refractivity contribution in [3.63, 3.8) is 0 Å². The van der Waals surface area contributed by atoms with Crippen molar-refractivity contribution in [1.29, 1.82) is 0 Å². The van der Waals surface area contributed by atoms with Crippen LogP contribution in [0.4, 0.5) is 0 Å². The van der Waals surface area contributed by atoms with E-state index in [9.17, 15) is 0 Å². The number of halogens is 3. The molecule has 0 saturated carbocycles. The third kappa shape index (κ3) is 4.05. The highest BCUT2D eigenvalue weighted by molar-refractivity contribution is 9.10. The number of rotatable bonds is 5. The van der Waals surface area contributed by atoms with Gasteiger partial charge in [-0.3, -0.25) is 0 Å². The monoisotopic (exact) mass is 452 g/mol. The van der Waals surface area contributed by atoms with Crippen molar-refractivity contribution in [2.45, 2.75) is 24.7 Å². The molecule has 1 aromatic carbocycles. The molecule has 0 aromatic heterocycles. The Labute approximate surface area is 140 Å². The summed E-state index contributed by atoms with van der Waals surface area (Å²) in [4.78, 5) is 0. The molecule has 1 aliphatic heterocycles. The summed E-state index contributed by atoms with van der Waals surface area (Å²) in [6, 6.07) is 8.71. The summed E-state index contributed by atoms with van der Waals surface area (Å²) >= 11 is 11.1. The number of alkyl halides is 2. The van der Waals surface area contributed by atoms with Crippen LogP contribution in [0.1, 0.15) is 24.8 Å². The maximum atomic E-state index is 5.48. The van der Waals surface area contributed by atoms with E-state index in [0.29, 0.717) is 0 Å². The van der Waals surface area contributed by atoms with Crippen molar-refractivity contribution in [2.24, 2.45) is 5.92 Å². The first kappa shape index (κ1) is 16.0. The molecule has 19 heavy (non-hydrogen) atoms. The molecular weight excluding hydrogens is 436 g/mol. The highest BCUT2D eigenvalue weighted by Crippen LogP contribution is 2.38.